The molecule has 17 heavy (non-hydrogen) atoms. The van der Waals surface area contributed by atoms with Crippen molar-refractivity contribution in [3.63, 3.8) is 0 Å². The van der Waals surface area contributed by atoms with Gasteiger partial charge in [-0.1, -0.05) is 0 Å². The van der Waals surface area contributed by atoms with Crippen molar-refractivity contribution in [3.8, 4) is 0 Å². The fraction of sp³-hybridized carbons (Fsp3) is 0.818. The second kappa shape index (κ2) is 7.11. The van der Waals surface area contributed by atoms with Gasteiger partial charge in [-0.3, -0.25) is 9.69 Å². The van der Waals surface area contributed by atoms with E-state index >= 15 is 0 Å². The lowest BCUT2D eigenvalue weighted by Crippen LogP contribution is -2.25. The minimum atomic E-state index is -0.485. The number of hydrogen-bond acceptors (Lipinski definition) is 5. The van der Waals surface area contributed by atoms with Gasteiger partial charge in [-0.15, -0.1) is 0 Å². The first-order valence-corrected chi connectivity index (χ1v) is 5.93. The molecular formula is C11H20N2O4. The van der Waals surface area contributed by atoms with E-state index in [0.717, 1.165) is 13.1 Å². The normalized spacial score (nSPS) is 21.8. The minimum absolute atomic E-state index is 0.0949. The molecule has 1 amide bonds. The molecule has 1 aliphatic heterocycles. The number of hydrogen-bond donors (Lipinski definition) is 1. The molecule has 2 atom stereocenters. The summed E-state index contributed by atoms with van der Waals surface area (Å²) in [6.07, 6.45) is -0.0904. The topological polar surface area (TPSA) is 67.6 Å². The van der Waals surface area contributed by atoms with Gasteiger partial charge >= 0.3 is 12.1 Å². The summed E-state index contributed by atoms with van der Waals surface area (Å²) >= 11 is 0. The van der Waals surface area contributed by atoms with Crippen LogP contribution in [0.2, 0.25) is 0 Å². The van der Waals surface area contributed by atoms with E-state index in [-0.39, 0.29) is 19.2 Å². The molecule has 0 aromatic rings. The molecule has 1 saturated heterocycles. The zero-order chi connectivity index (χ0) is 12.7. The number of ether oxygens (including phenoxy) is 2. The molecule has 98 valence electrons. The zero-order valence-electron chi connectivity index (χ0n) is 10.4. The van der Waals surface area contributed by atoms with Crippen LogP contribution in [0.3, 0.4) is 0 Å². The Bertz CT molecular complexity index is 270. The molecular weight excluding hydrogens is 224 g/mol. The molecule has 6 heteroatoms. The van der Waals surface area contributed by atoms with Crippen molar-refractivity contribution < 1.29 is 19.1 Å². The monoisotopic (exact) mass is 244 g/mol. The maximum absolute atomic E-state index is 11.2. The third-order valence-corrected chi connectivity index (χ3v) is 2.49. The standard InChI is InChI=1S/C11H20N2O4/c1-3-12-11(15)17-7-6-16-10(14)4-5-13-8-9(13)2/h9H,3-8H2,1-2H3,(H,12,15). The minimum Gasteiger partial charge on any atom is -0.462 e. The fourth-order valence-electron chi connectivity index (χ4n) is 1.40. The Morgan fingerprint density at radius 3 is 2.59 bits per heavy atom. The van der Waals surface area contributed by atoms with Gasteiger partial charge in [-0.25, -0.2) is 4.79 Å². The highest BCUT2D eigenvalue weighted by Crippen LogP contribution is 2.15. The van der Waals surface area contributed by atoms with Crippen molar-refractivity contribution >= 4 is 12.1 Å². The zero-order valence-corrected chi connectivity index (χ0v) is 10.4. The molecule has 1 aliphatic rings. The van der Waals surface area contributed by atoms with E-state index in [1.54, 1.807) is 6.92 Å². The summed E-state index contributed by atoms with van der Waals surface area (Å²) in [5.74, 6) is -0.247. The van der Waals surface area contributed by atoms with Crippen molar-refractivity contribution in [2.24, 2.45) is 0 Å². The summed E-state index contributed by atoms with van der Waals surface area (Å²) in [7, 11) is 0. The van der Waals surface area contributed by atoms with Gasteiger partial charge in [0.1, 0.15) is 13.2 Å². The highest BCUT2D eigenvalue weighted by molar-refractivity contribution is 5.69. The Kier molecular flexibility index (Phi) is 5.76. The predicted octanol–water partition coefficient (Wildman–Crippen LogP) is 0.370. The van der Waals surface area contributed by atoms with Gasteiger partial charge in [0.25, 0.3) is 0 Å². The first kappa shape index (κ1) is 13.8. The molecule has 0 aromatic heterocycles. The van der Waals surface area contributed by atoms with Crippen LogP contribution in [0.1, 0.15) is 20.3 Å². The second-order valence-corrected chi connectivity index (χ2v) is 3.98. The Hall–Kier alpha value is -1.30. The number of esters is 1. The summed E-state index contributed by atoms with van der Waals surface area (Å²) in [5.41, 5.74) is 0. The van der Waals surface area contributed by atoms with Crippen LogP contribution in [0.15, 0.2) is 0 Å². The van der Waals surface area contributed by atoms with Crippen molar-refractivity contribution in [2.75, 3.05) is 32.8 Å². The number of nitrogens with zero attached hydrogens (tertiary/aromatic N) is 1. The van der Waals surface area contributed by atoms with E-state index in [4.69, 9.17) is 9.47 Å². The van der Waals surface area contributed by atoms with Crippen molar-refractivity contribution in [2.45, 2.75) is 26.3 Å². The van der Waals surface area contributed by atoms with E-state index in [1.807, 2.05) is 0 Å². The number of nitrogens with one attached hydrogen (secondary N) is 1. The molecule has 2 unspecified atom stereocenters. The van der Waals surface area contributed by atoms with Crippen molar-refractivity contribution in [1.82, 2.24) is 10.2 Å². The summed E-state index contributed by atoms with van der Waals surface area (Å²) in [6, 6.07) is 0.601. The summed E-state index contributed by atoms with van der Waals surface area (Å²) in [5, 5.41) is 2.48. The average molecular weight is 244 g/mol. The quantitative estimate of drug-likeness (QED) is 0.398. The summed E-state index contributed by atoms with van der Waals surface area (Å²) in [6.45, 7) is 6.46. The lowest BCUT2D eigenvalue weighted by molar-refractivity contribution is -0.144. The van der Waals surface area contributed by atoms with Gasteiger partial charge in [-0.05, 0) is 13.8 Å². The van der Waals surface area contributed by atoms with Crippen LogP contribution >= 0.6 is 0 Å². The molecule has 0 aliphatic carbocycles. The van der Waals surface area contributed by atoms with Crippen LogP contribution in [0.25, 0.3) is 0 Å². The van der Waals surface area contributed by atoms with Gasteiger partial charge in [0.2, 0.25) is 0 Å². The highest BCUT2D eigenvalue weighted by Gasteiger charge is 2.28. The van der Waals surface area contributed by atoms with Crippen molar-refractivity contribution in [3.05, 3.63) is 0 Å². The first-order valence-electron chi connectivity index (χ1n) is 5.93. The molecule has 6 nitrogen and oxygen atoms in total. The SMILES string of the molecule is CCNC(=O)OCCOC(=O)CCN1CC1C. The molecule has 0 spiro atoms. The molecule has 0 aromatic carbocycles. The van der Waals surface area contributed by atoms with Crippen LogP contribution < -0.4 is 5.32 Å². The number of carbonyl (C=O) groups excluding carboxylic acids is 2. The van der Waals surface area contributed by atoms with Gasteiger partial charge in [0, 0.05) is 25.7 Å². The van der Waals surface area contributed by atoms with Crippen molar-refractivity contribution in [1.29, 1.82) is 0 Å². The van der Waals surface area contributed by atoms with E-state index in [2.05, 4.69) is 17.1 Å². The molecule has 1 fully saturated rings. The lowest BCUT2D eigenvalue weighted by atomic mass is 10.4. The number of rotatable bonds is 7. The third-order valence-electron chi connectivity index (χ3n) is 2.49. The van der Waals surface area contributed by atoms with E-state index in [1.165, 1.54) is 0 Å². The molecule has 1 rings (SSSR count). The lowest BCUT2D eigenvalue weighted by Gasteiger charge is -2.06. The third kappa shape index (κ3) is 6.11. The van der Waals surface area contributed by atoms with Gasteiger partial charge in [0.05, 0.1) is 6.42 Å². The Morgan fingerprint density at radius 1 is 1.35 bits per heavy atom. The number of carbonyl (C=O) groups is 2. The van der Waals surface area contributed by atoms with E-state index in [9.17, 15) is 9.59 Å². The maximum atomic E-state index is 11.2. The Morgan fingerprint density at radius 2 is 2.00 bits per heavy atom. The van der Waals surface area contributed by atoms with Crippen LogP contribution in [0.5, 0.6) is 0 Å². The summed E-state index contributed by atoms with van der Waals surface area (Å²) < 4.78 is 9.66. The second-order valence-electron chi connectivity index (χ2n) is 3.98. The number of amides is 1. The summed E-state index contributed by atoms with van der Waals surface area (Å²) in [4.78, 5) is 24.3. The number of alkyl carbamates (subject to hydrolysis) is 1. The Labute approximate surface area is 101 Å². The van der Waals surface area contributed by atoms with E-state index in [0.29, 0.717) is 19.0 Å². The highest BCUT2D eigenvalue weighted by atomic mass is 16.6. The largest absolute Gasteiger partial charge is 0.462 e. The van der Waals surface area contributed by atoms with Crippen LogP contribution in [0, 0.1) is 0 Å². The maximum Gasteiger partial charge on any atom is 0.407 e. The van der Waals surface area contributed by atoms with Gasteiger partial charge in [-0.2, -0.15) is 0 Å². The average Bonchev–Trinajstić information content (AvgIpc) is 2.98. The molecule has 0 bridgehead atoms. The Balaban J connectivity index is 1.91. The van der Waals surface area contributed by atoms with Crippen LogP contribution in [-0.4, -0.2) is 55.9 Å². The molecule has 0 saturated carbocycles. The molecule has 0 radical (unpaired) electrons. The van der Waals surface area contributed by atoms with E-state index < -0.39 is 6.09 Å². The predicted molar refractivity (Wildman–Crippen MR) is 61.6 cm³/mol. The first-order chi connectivity index (χ1) is 8.13. The molecule has 1 heterocycles. The fourth-order valence-corrected chi connectivity index (χ4v) is 1.40. The molecule has 1 N–H and O–H groups in total. The van der Waals surface area contributed by atoms with Gasteiger partial charge < -0.3 is 14.8 Å². The smallest absolute Gasteiger partial charge is 0.407 e. The van der Waals surface area contributed by atoms with Gasteiger partial charge in [0.15, 0.2) is 0 Å². The van der Waals surface area contributed by atoms with Crippen LogP contribution in [-0.2, 0) is 14.3 Å². The van der Waals surface area contributed by atoms with Crippen LogP contribution in [0.4, 0.5) is 4.79 Å².